The standard InChI is InChI=1S/C10H18N2O4/c1-8(10(14)15-2)3-4-12-5-6-16-7-9(11)13/h3,12H,4-7H2,1-2H3,(H2,11,13). The molecule has 0 aliphatic heterocycles. The van der Waals surface area contributed by atoms with Crippen LogP contribution < -0.4 is 11.1 Å². The van der Waals surface area contributed by atoms with Crippen LogP contribution in [-0.4, -0.2) is 45.3 Å². The number of primary amides is 1. The van der Waals surface area contributed by atoms with Crippen molar-refractivity contribution >= 4 is 11.9 Å². The minimum atomic E-state index is -0.485. The number of hydrogen-bond acceptors (Lipinski definition) is 5. The topological polar surface area (TPSA) is 90.7 Å². The molecule has 6 nitrogen and oxygen atoms in total. The summed E-state index contributed by atoms with van der Waals surface area (Å²) in [6, 6.07) is 0. The zero-order chi connectivity index (χ0) is 12.4. The van der Waals surface area contributed by atoms with Crippen molar-refractivity contribution in [2.24, 2.45) is 5.73 Å². The van der Waals surface area contributed by atoms with E-state index in [0.29, 0.717) is 25.3 Å². The molecular weight excluding hydrogens is 212 g/mol. The van der Waals surface area contributed by atoms with Gasteiger partial charge >= 0.3 is 5.97 Å². The van der Waals surface area contributed by atoms with Crippen LogP contribution in [0.1, 0.15) is 6.92 Å². The Morgan fingerprint density at radius 1 is 1.44 bits per heavy atom. The Kier molecular flexibility index (Phi) is 8.10. The molecule has 0 saturated carbocycles. The Morgan fingerprint density at radius 3 is 2.69 bits per heavy atom. The van der Waals surface area contributed by atoms with Crippen molar-refractivity contribution in [3.8, 4) is 0 Å². The average molecular weight is 230 g/mol. The number of esters is 1. The van der Waals surface area contributed by atoms with Gasteiger partial charge < -0.3 is 20.5 Å². The minimum absolute atomic E-state index is 0.0707. The lowest BCUT2D eigenvalue weighted by molar-refractivity contribution is -0.136. The third-order valence-corrected chi connectivity index (χ3v) is 1.73. The third-order valence-electron chi connectivity index (χ3n) is 1.73. The zero-order valence-electron chi connectivity index (χ0n) is 9.62. The van der Waals surface area contributed by atoms with E-state index in [0.717, 1.165) is 0 Å². The van der Waals surface area contributed by atoms with Crippen LogP contribution in [-0.2, 0) is 19.1 Å². The van der Waals surface area contributed by atoms with Gasteiger partial charge in [0.05, 0.1) is 13.7 Å². The molecule has 0 heterocycles. The SMILES string of the molecule is COC(=O)C(C)=CCNCCOCC(N)=O. The highest BCUT2D eigenvalue weighted by Crippen LogP contribution is 1.93. The Balaban J connectivity index is 3.46. The van der Waals surface area contributed by atoms with Gasteiger partial charge in [-0.15, -0.1) is 0 Å². The smallest absolute Gasteiger partial charge is 0.333 e. The number of hydrogen-bond donors (Lipinski definition) is 2. The molecule has 3 N–H and O–H groups in total. The van der Waals surface area contributed by atoms with Crippen LogP contribution in [0.3, 0.4) is 0 Å². The Morgan fingerprint density at radius 2 is 2.12 bits per heavy atom. The van der Waals surface area contributed by atoms with Gasteiger partial charge in [0.15, 0.2) is 0 Å². The quantitative estimate of drug-likeness (QED) is 0.323. The number of amides is 1. The number of ether oxygens (including phenoxy) is 2. The zero-order valence-corrected chi connectivity index (χ0v) is 9.62. The predicted molar refractivity (Wildman–Crippen MR) is 58.7 cm³/mol. The van der Waals surface area contributed by atoms with Crippen LogP contribution in [0.5, 0.6) is 0 Å². The van der Waals surface area contributed by atoms with Crippen LogP contribution in [0.25, 0.3) is 0 Å². The molecule has 0 aromatic heterocycles. The van der Waals surface area contributed by atoms with E-state index in [9.17, 15) is 9.59 Å². The summed E-state index contributed by atoms with van der Waals surface area (Å²) >= 11 is 0. The van der Waals surface area contributed by atoms with E-state index in [-0.39, 0.29) is 12.6 Å². The monoisotopic (exact) mass is 230 g/mol. The molecule has 0 saturated heterocycles. The van der Waals surface area contributed by atoms with E-state index in [2.05, 4.69) is 10.1 Å². The molecule has 1 amide bonds. The molecule has 0 aliphatic rings. The van der Waals surface area contributed by atoms with Gasteiger partial charge in [0.2, 0.25) is 5.91 Å². The molecule has 0 bridgehead atoms. The Labute approximate surface area is 94.8 Å². The second-order valence-electron chi connectivity index (χ2n) is 3.10. The first kappa shape index (κ1) is 14.6. The third kappa shape index (κ3) is 7.95. The van der Waals surface area contributed by atoms with Crippen molar-refractivity contribution in [2.75, 3.05) is 33.4 Å². The lowest BCUT2D eigenvalue weighted by atomic mass is 10.3. The fourth-order valence-corrected chi connectivity index (χ4v) is 0.889. The molecule has 0 unspecified atom stereocenters. The van der Waals surface area contributed by atoms with E-state index < -0.39 is 5.91 Å². The molecule has 6 heteroatoms. The molecule has 0 atom stereocenters. The number of carbonyl (C=O) groups excluding carboxylic acids is 2. The molecule has 0 spiro atoms. The Hall–Kier alpha value is -1.40. The summed E-state index contributed by atoms with van der Waals surface area (Å²) in [7, 11) is 1.34. The number of nitrogens with one attached hydrogen (secondary N) is 1. The fraction of sp³-hybridized carbons (Fsp3) is 0.600. The summed E-state index contributed by atoms with van der Waals surface area (Å²) in [5.41, 5.74) is 5.43. The Bertz CT molecular complexity index is 264. The van der Waals surface area contributed by atoms with E-state index in [1.54, 1.807) is 13.0 Å². The molecule has 0 aromatic carbocycles. The highest BCUT2D eigenvalue weighted by atomic mass is 16.5. The second-order valence-corrected chi connectivity index (χ2v) is 3.10. The lowest BCUT2D eigenvalue weighted by Gasteiger charge is -2.03. The van der Waals surface area contributed by atoms with Gasteiger partial charge in [-0.2, -0.15) is 0 Å². The summed E-state index contributed by atoms with van der Waals surface area (Å²) in [5.74, 6) is -0.826. The predicted octanol–water partition coefficient (Wildman–Crippen LogP) is -0.803. The van der Waals surface area contributed by atoms with Crippen LogP contribution >= 0.6 is 0 Å². The van der Waals surface area contributed by atoms with E-state index in [1.807, 2.05) is 0 Å². The summed E-state index contributed by atoms with van der Waals surface area (Å²) in [6.45, 7) is 3.13. The number of rotatable bonds is 8. The maximum Gasteiger partial charge on any atom is 0.333 e. The number of nitrogens with two attached hydrogens (primary N) is 1. The van der Waals surface area contributed by atoms with Crippen molar-refractivity contribution in [1.29, 1.82) is 0 Å². The molecule has 0 fully saturated rings. The van der Waals surface area contributed by atoms with Crippen molar-refractivity contribution in [3.05, 3.63) is 11.6 Å². The van der Waals surface area contributed by atoms with Gasteiger partial charge in [0.1, 0.15) is 6.61 Å². The van der Waals surface area contributed by atoms with Gasteiger partial charge in [0, 0.05) is 18.7 Å². The summed E-state index contributed by atoms with van der Waals surface area (Å²) in [4.78, 5) is 21.3. The van der Waals surface area contributed by atoms with E-state index >= 15 is 0 Å². The molecule has 0 rings (SSSR count). The van der Waals surface area contributed by atoms with Crippen molar-refractivity contribution in [2.45, 2.75) is 6.92 Å². The maximum atomic E-state index is 11.0. The highest BCUT2D eigenvalue weighted by Gasteiger charge is 2.00. The molecular formula is C10H18N2O4. The van der Waals surface area contributed by atoms with Crippen LogP contribution in [0, 0.1) is 0 Å². The molecule has 92 valence electrons. The molecule has 0 aromatic rings. The minimum Gasteiger partial charge on any atom is -0.466 e. The summed E-state index contributed by atoms with van der Waals surface area (Å²) in [5, 5.41) is 3.01. The van der Waals surface area contributed by atoms with Gasteiger partial charge in [-0.05, 0) is 6.92 Å². The lowest BCUT2D eigenvalue weighted by Crippen LogP contribution is -2.24. The molecule has 0 radical (unpaired) electrons. The van der Waals surface area contributed by atoms with Crippen molar-refractivity contribution in [1.82, 2.24) is 5.32 Å². The highest BCUT2D eigenvalue weighted by molar-refractivity contribution is 5.87. The second kappa shape index (κ2) is 8.87. The first-order chi connectivity index (χ1) is 7.57. The van der Waals surface area contributed by atoms with E-state index in [4.69, 9.17) is 10.5 Å². The van der Waals surface area contributed by atoms with Crippen molar-refractivity contribution < 1.29 is 19.1 Å². The average Bonchev–Trinajstić information content (AvgIpc) is 2.25. The van der Waals surface area contributed by atoms with Crippen LogP contribution in [0.2, 0.25) is 0 Å². The fourth-order valence-electron chi connectivity index (χ4n) is 0.889. The summed E-state index contributed by atoms with van der Waals surface area (Å²) in [6.07, 6.45) is 1.72. The molecule has 0 aliphatic carbocycles. The normalized spacial score (nSPS) is 11.2. The van der Waals surface area contributed by atoms with Gasteiger partial charge in [-0.3, -0.25) is 4.79 Å². The summed E-state index contributed by atoms with van der Waals surface area (Å²) < 4.78 is 9.44. The van der Waals surface area contributed by atoms with Gasteiger partial charge in [-0.1, -0.05) is 6.08 Å². The first-order valence-electron chi connectivity index (χ1n) is 4.89. The van der Waals surface area contributed by atoms with Gasteiger partial charge in [0.25, 0.3) is 0 Å². The first-order valence-corrected chi connectivity index (χ1v) is 4.89. The molecule has 16 heavy (non-hydrogen) atoms. The van der Waals surface area contributed by atoms with E-state index in [1.165, 1.54) is 7.11 Å². The number of carbonyl (C=O) groups is 2. The number of methoxy groups -OCH3 is 1. The largest absolute Gasteiger partial charge is 0.466 e. The van der Waals surface area contributed by atoms with Crippen LogP contribution in [0.4, 0.5) is 0 Å². The maximum absolute atomic E-state index is 11.0. The van der Waals surface area contributed by atoms with Crippen LogP contribution in [0.15, 0.2) is 11.6 Å². The van der Waals surface area contributed by atoms with Gasteiger partial charge in [-0.25, -0.2) is 4.79 Å². The van der Waals surface area contributed by atoms with Crippen molar-refractivity contribution in [3.63, 3.8) is 0 Å².